The highest BCUT2D eigenvalue weighted by atomic mass is 35.5. The number of halogens is 3. The molecule has 0 radical (unpaired) electrons. The van der Waals surface area contributed by atoms with Crippen molar-refractivity contribution in [2.45, 2.75) is 76.3 Å². The minimum atomic E-state index is -0.570. The van der Waals surface area contributed by atoms with Crippen molar-refractivity contribution in [3.8, 4) is 23.6 Å². The molecule has 4 saturated heterocycles. The lowest BCUT2D eigenvalue weighted by atomic mass is 10.0. The molecule has 2 aromatic heterocycles. The van der Waals surface area contributed by atoms with Crippen LogP contribution < -0.4 is 15.4 Å². The SMILES string of the molecule is N#Cc1cnc(NC(=O)c2cc(Cl)ccc2O)cn1.N#Cc1cnc(NC(=O)c2cc(Cl)ccc2OC(=O)N2CCC(N3CCCCC3)CC2)cn1.O=C(Cl)N1CCC(N2CCCCC2)CC1. The van der Waals surface area contributed by atoms with Gasteiger partial charge < -0.3 is 40.1 Å². The van der Waals surface area contributed by atoms with Crippen LogP contribution in [-0.2, 0) is 0 Å². The number of piperidine rings is 4. The Morgan fingerprint density at radius 2 is 1.06 bits per heavy atom. The van der Waals surface area contributed by atoms with Gasteiger partial charge in [0.1, 0.15) is 23.6 Å². The highest BCUT2D eigenvalue weighted by molar-refractivity contribution is 6.62. The molecule has 0 unspecified atom stereocenters. The number of aromatic nitrogens is 4. The molecule has 4 amide bonds. The number of benzene rings is 2. The number of likely N-dealkylation sites (tertiary alicyclic amines) is 4. The fourth-order valence-electron chi connectivity index (χ4n) is 8.27. The van der Waals surface area contributed by atoms with E-state index in [2.05, 4.69) is 40.4 Å². The molecule has 0 saturated carbocycles. The molecule has 21 heteroatoms. The van der Waals surface area contributed by atoms with Gasteiger partial charge in [-0.1, -0.05) is 36.0 Å². The number of hydrogen-bond acceptors (Lipinski definition) is 14. The summed E-state index contributed by atoms with van der Waals surface area (Å²) in [5.74, 6) is -0.869. The number of anilines is 2. The number of phenols is 1. The highest BCUT2D eigenvalue weighted by Crippen LogP contribution is 2.27. The van der Waals surface area contributed by atoms with Gasteiger partial charge in [0, 0.05) is 48.3 Å². The number of nitriles is 2. The number of carbonyl (C=O) groups is 4. The molecule has 8 rings (SSSR count). The predicted molar refractivity (Wildman–Crippen MR) is 251 cm³/mol. The third-order valence-electron chi connectivity index (χ3n) is 11.9. The molecule has 352 valence electrons. The van der Waals surface area contributed by atoms with Crippen LogP contribution in [0, 0.1) is 22.7 Å². The molecular weight excluding hydrogens is 923 g/mol. The maximum atomic E-state index is 12.8. The first-order chi connectivity index (χ1) is 32.4. The van der Waals surface area contributed by atoms with Crippen molar-refractivity contribution in [1.82, 2.24) is 39.5 Å². The van der Waals surface area contributed by atoms with Crippen molar-refractivity contribution < 1.29 is 29.0 Å². The Kier molecular flexibility index (Phi) is 18.8. The van der Waals surface area contributed by atoms with Gasteiger partial charge >= 0.3 is 11.5 Å². The van der Waals surface area contributed by atoms with Crippen LogP contribution in [0.5, 0.6) is 11.5 Å². The summed E-state index contributed by atoms with van der Waals surface area (Å²) in [5.41, 5.74) is 0.405. The van der Waals surface area contributed by atoms with E-state index in [0.29, 0.717) is 35.2 Å². The molecule has 3 N–H and O–H groups in total. The molecule has 4 aliphatic rings. The number of hydrogen-bond donors (Lipinski definition) is 3. The maximum absolute atomic E-state index is 12.8. The zero-order valence-corrected chi connectivity index (χ0v) is 39.0. The van der Waals surface area contributed by atoms with E-state index in [-0.39, 0.29) is 51.0 Å². The molecule has 0 atom stereocenters. The molecular formula is C46H51Cl3N12O6. The second-order valence-corrected chi connectivity index (χ2v) is 17.5. The van der Waals surface area contributed by atoms with E-state index in [4.69, 9.17) is 50.1 Å². The number of carbonyl (C=O) groups excluding carboxylic acids is 4. The Morgan fingerprint density at radius 3 is 1.51 bits per heavy atom. The largest absolute Gasteiger partial charge is 0.507 e. The smallest absolute Gasteiger partial charge is 0.415 e. The summed E-state index contributed by atoms with van der Waals surface area (Å²) in [6.07, 6.45) is 16.4. The second-order valence-electron chi connectivity index (χ2n) is 16.3. The van der Waals surface area contributed by atoms with E-state index in [1.807, 2.05) is 12.1 Å². The number of aromatic hydroxyl groups is 1. The first-order valence-electron chi connectivity index (χ1n) is 22.1. The van der Waals surface area contributed by atoms with Crippen LogP contribution in [0.15, 0.2) is 61.2 Å². The predicted octanol–water partition coefficient (Wildman–Crippen LogP) is 7.96. The Balaban J connectivity index is 0.000000183. The van der Waals surface area contributed by atoms with Crippen LogP contribution in [-0.4, -0.2) is 132 Å². The molecule has 67 heavy (non-hydrogen) atoms. The van der Waals surface area contributed by atoms with E-state index in [9.17, 15) is 24.3 Å². The zero-order valence-electron chi connectivity index (χ0n) is 36.8. The van der Waals surface area contributed by atoms with Gasteiger partial charge in [-0.25, -0.2) is 24.7 Å². The lowest BCUT2D eigenvalue weighted by Gasteiger charge is -2.39. The van der Waals surface area contributed by atoms with Crippen molar-refractivity contribution in [2.24, 2.45) is 0 Å². The van der Waals surface area contributed by atoms with Crippen molar-refractivity contribution in [1.29, 1.82) is 10.5 Å². The van der Waals surface area contributed by atoms with E-state index >= 15 is 0 Å². The van der Waals surface area contributed by atoms with Crippen LogP contribution in [0.2, 0.25) is 10.0 Å². The summed E-state index contributed by atoms with van der Waals surface area (Å²) < 4.78 is 5.59. The quantitative estimate of drug-likeness (QED) is 0.118. The van der Waals surface area contributed by atoms with Crippen molar-refractivity contribution in [3.05, 3.63) is 93.7 Å². The molecule has 0 aliphatic carbocycles. The van der Waals surface area contributed by atoms with Crippen molar-refractivity contribution >= 4 is 69.7 Å². The second kappa shape index (κ2) is 25.1. The van der Waals surface area contributed by atoms with Gasteiger partial charge in [0.25, 0.3) is 11.8 Å². The Labute approximate surface area is 403 Å². The molecule has 4 aliphatic heterocycles. The maximum Gasteiger partial charge on any atom is 0.415 e. The summed E-state index contributed by atoms with van der Waals surface area (Å²) in [5, 5.41) is 32.3. The number of nitrogens with one attached hydrogen (secondary N) is 2. The minimum absolute atomic E-state index is 0.0265. The number of nitrogens with zero attached hydrogens (tertiary/aromatic N) is 10. The van der Waals surface area contributed by atoms with Gasteiger partial charge in [-0.3, -0.25) is 14.4 Å². The molecule has 6 heterocycles. The van der Waals surface area contributed by atoms with Crippen LogP contribution >= 0.6 is 34.8 Å². The van der Waals surface area contributed by atoms with Crippen LogP contribution in [0.1, 0.15) is 96.3 Å². The molecule has 0 spiro atoms. The van der Waals surface area contributed by atoms with Gasteiger partial charge in [-0.15, -0.1) is 0 Å². The van der Waals surface area contributed by atoms with E-state index in [1.54, 1.807) is 15.9 Å². The average Bonchev–Trinajstić information content (AvgIpc) is 3.36. The highest BCUT2D eigenvalue weighted by Gasteiger charge is 2.30. The van der Waals surface area contributed by atoms with Gasteiger partial charge in [0.05, 0.1) is 35.9 Å². The Morgan fingerprint density at radius 1 is 0.612 bits per heavy atom. The third kappa shape index (κ3) is 14.9. The summed E-state index contributed by atoms with van der Waals surface area (Å²) in [7, 11) is 0. The van der Waals surface area contributed by atoms with Gasteiger partial charge in [0.15, 0.2) is 23.0 Å². The number of ether oxygens (including phenoxy) is 1. The fourth-order valence-corrected chi connectivity index (χ4v) is 8.79. The van der Waals surface area contributed by atoms with Crippen LogP contribution in [0.25, 0.3) is 0 Å². The number of rotatable bonds is 7. The molecule has 4 fully saturated rings. The lowest BCUT2D eigenvalue weighted by Crippen LogP contribution is -2.48. The summed E-state index contributed by atoms with van der Waals surface area (Å²) in [4.78, 5) is 72.5. The van der Waals surface area contributed by atoms with E-state index in [1.165, 1.54) is 107 Å². The van der Waals surface area contributed by atoms with E-state index in [0.717, 1.165) is 51.9 Å². The lowest BCUT2D eigenvalue weighted by molar-refractivity contribution is 0.0874. The topological polar surface area (TPSA) is 234 Å². The molecule has 4 aromatic rings. The van der Waals surface area contributed by atoms with Crippen LogP contribution in [0.4, 0.5) is 21.2 Å². The number of amides is 4. The Bertz CT molecular complexity index is 2410. The summed E-state index contributed by atoms with van der Waals surface area (Å²) in [6, 6.07) is 13.5. The van der Waals surface area contributed by atoms with Crippen molar-refractivity contribution in [3.63, 3.8) is 0 Å². The Hall–Kier alpha value is -6.15. The monoisotopic (exact) mass is 972 g/mol. The van der Waals surface area contributed by atoms with Crippen molar-refractivity contribution in [2.75, 3.05) is 63.0 Å². The standard InChI is InChI=1S/C23H25ClN6O3.C12H7ClN4O2.C11H19ClN2O/c24-16-4-5-20(19(12-16)22(31)28-21-15-26-17(13-25)14-27-21)33-23(32)30-10-6-18(7-11-30)29-8-2-1-3-9-29;13-7-1-2-10(18)9(3-7)12(19)17-11-6-15-8(4-14)5-16-11;12-11(15)14-8-4-10(5-9-14)13-6-2-1-3-7-13/h4-5,12,14-15,18H,1-3,6-11H2,(H,27,28,31);1-3,5-6,18H,(H,16,17,19);10H,1-9H2. The number of phenolic OH excluding ortho intramolecular Hbond substituents is 1. The van der Waals surface area contributed by atoms with Gasteiger partial charge in [-0.05, 0) is 126 Å². The average molecular weight is 974 g/mol. The van der Waals surface area contributed by atoms with Gasteiger partial charge in [0.2, 0.25) is 0 Å². The molecule has 2 aromatic carbocycles. The third-order valence-corrected chi connectivity index (χ3v) is 12.6. The molecule has 0 bridgehead atoms. The first kappa shape index (κ1) is 50.3. The zero-order chi connectivity index (χ0) is 47.7. The summed E-state index contributed by atoms with van der Waals surface area (Å²) >= 11 is 17.3. The van der Waals surface area contributed by atoms with Crippen LogP contribution in [0.3, 0.4) is 0 Å². The molecule has 18 nitrogen and oxygen atoms in total. The normalized spacial score (nSPS) is 17.0. The van der Waals surface area contributed by atoms with Gasteiger partial charge in [-0.2, -0.15) is 10.5 Å². The fraction of sp³-hybridized carbons (Fsp3) is 0.435. The minimum Gasteiger partial charge on any atom is -0.507 e. The summed E-state index contributed by atoms with van der Waals surface area (Å²) in [6.45, 7) is 7.70. The van der Waals surface area contributed by atoms with E-state index < -0.39 is 17.9 Å². The first-order valence-corrected chi connectivity index (χ1v) is 23.3.